The van der Waals surface area contributed by atoms with E-state index in [2.05, 4.69) is 5.32 Å². The number of aliphatic carboxylic acids is 1. The fourth-order valence-electron chi connectivity index (χ4n) is 2.72. The molecule has 2 aromatic carbocycles. The number of carbonyl (C=O) groups excluding carboxylic acids is 3. The van der Waals surface area contributed by atoms with Gasteiger partial charge >= 0.3 is 17.9 Å². The van der Waals surface area contributed by atoms with Crippen molar-refractivity contribution >= 4 is 47.0 Å². The van der Waals surface area contributed by atoms with Crippen LogP contribution in [-0.4, -0.2) is 41.1 Å². The van der Waals surface area contributed by atoms with Crippen molar-refractivity contribution in [3.05, 3.63) is 93.9 Å². The van der Waals surface area contributed by atoms with Crippen molar-refractivity contribution in [3.8, 4) is 0 Å². The Morgan fingerprint density at radius 1 is 0.824 bits per heavy atom. The Morgan fingerprint density at radius 3 is 1.76 bits per heavy atom. The van der Waals surface area contributed by atoms with E-state index in [1.165, 1.54) is 54.8 Å². The van der Waals surface area contributed by atoms with Crippen molar-refractivity contribution in [2.45, 2.75) is 18.8 Å². The highest BCUT2D eigenvalue weighted by Crippen LogP contribution is 2.17. The second-order valence-corrected chi connectivity index (χ2v) is 7.67. The Balaban J connectivity index is 1.84. The van der Waals surface area contributed by atoms with Gasteiger partial charge in [0.1, 0.15) is 5.76 Å². The standard InChI is InChI=1S/C23H17Cl2NO8/c24-15-7-3-13(4-8-15)22(30)33-18(20(27)26-12-17-2-1-11-32-17)19(21(28)29)34-23(31)14-5-9-16(25)10-6-14/h1-11,18-19H,12H2,(H,26,27)(H,28,29)/t18-,19-/m1/s1. The summed E-state index contributed by atoms with van der Waals surface area (Å²) in [6.45, 7) is -0.127. The molecule has 0 saturated carbocycles. The van der Waals surface area contributed by atoms with Gasteiger partial charge in [0.05, 0.1) is 23.9 Å². The zero-order chi connectivity index (χ0) is 24.7. The predicted octanol–water partition coefficient (Wildman–Crippen LogP) is 3.74. The molecule has 0 fully saturated rings. The molecule has 34 heavy (non-hydrogen) atoms. The molecular weight excluding hydrogens is 489 g/mol. The molecule has 3 rings (SSSR count). The van der Waals surface area contributed by atoms with Crippen molar-refractivity contribution in [2.75, 3.05) is 0 Å². The van der Waals surface area contributed by atoms with Gasteiger partial charge in [-0.15, -0.1) is 0 Å². The lowest BCUT2D eigenvalue weighted by Gasteiger charge is -2.23. The summed E-state index contributed by atoms with van der Waals surface area (Å²) in [7, 11) is 0. The van der Waals surface area contributed by atoms with E-state index < -0.39 is 36.0 Å². The van der Waals surface area contributed by atoms with Crippen LogP contribution in [0.1, 0.15) is 26.5 Å². The molecule has 0 unspecified atom stereocenters. The van der Waals surface area contributed by atoms with Crippen LogP contribution >= 0.6 is 23.2 Å². The van der Waals surface area contributed by atoms with Crippen molar-refractivity contribution < 1.29 is 38.2 Å². The summed E-state index contributed by atoms with van der Waals surface area (Å²) in [5, 5.41) is 12.8. The smallest absolute Gasteiger partial charge is 0.349 e. The SMILES string of the molecule is O=C(O[C@@H](C(=O)O)[C@@H](OC(=O)c1ccc(Cl)cc1)C(=O)NCc1ccco1)c1ccc(Cl)cc1. The topological polar surface area (TPSA) is 132 Å². The van der Waals surface area contributed by atoms with Crippen molar-refractivity contribution in [1.29, 1.82) is 0 Å². The molecule has 9 nitrogen and oxygen atoms in total. The van der Waals surface area contributed by atoms with E-state index in [1.54, 1.807) is 12.1 Å². The molecular formula is C23H17Cl2NO8. The van der Waals surface area contributed by atoms with Gasteiger partial charge in [-0.1, -0.05) is 23.2 Å². The summed E-state index contributed by atoms with van der Waals surface area (Å²) in [5.74, 6) is -4.44. The van der Waals surface area contributed by atoms with Crippen molar-refractivity contribution in [3.63, 3.8) is 0 Å². The molecule has 2 atom stereocenters. The number of hydrogen-bond acceptors (Lipinski definition) is 7. The predicted molar refractivity (Wildman–Crippen MR) is 120 cm³/mol. The van der Waals surface area contributed by atoms with Crippen molar-refractivity contribution in [1.82, 2.24) is 5.32 Å². The first kappa shape index (κ1) is 24.8. The van der Waals surface area contributed by atoms with E-state index in [0.29, 0.717) is 15.8 Å². The molecule has 3 aromatic rings. The number of ether oxygens (including phenoxy) is 2. The molecule has 0 aliphatic heterocycles. The van der Waals surface area contributed by atoms with Crippen LogP contribution < -0.4 is 5.32 Å². The molecule has 0 spiro atoms. The third-order valence-corrected chi connectivity index (χ3v) is 4.93. The summed E-state index contributed by atoms with van der Waals surface area (Å²) in [6.07, 6.45) is -2.80. The summed E-state index contributed by atoms with van der Waals surface area (Å²) in [4.78, 5) is 49.9. The van der Waals surface area contributed by atoms with Crippen LogP contribution in [0.4, 0.5) is 0 Å². The van der Waals surface area contributed by atoms with Gasteiger partial charge in [0, 0.05) is 10.0 Å². The van der Waals surface area contributed by atoms with Crippen LogP contribution in [0.25, 0.3) is 0 Å². The Labute approximate surface area is 203 Å². The van der Waals surface area contributed by atoms with Gasteiger partial charge in [0.2, 0.25) is 12.2 Å². The fraction of sp³-hybridized carbons (Fsp3) is 0.130. The van der Waals surface area contributed by atoms with Gasteiger partial charge in [-0.05, 0) is 60.7 Å². The third kappa shape index (κ3) is 6.60. The minimum atomic E-state index is -2.16. The molecule has 0 aliphatic carbocycles. The average Bonchev–Trinajstić information content (AvgIpc) is 3.34. The number of furan rings is 1. The normalized spacial score (nSPS) is 12.3. The van der Waals surface area contributed by atoms with Crippen LogP contribution in [0, 0.1) is 0 Å². The van der Waals surface area contributed by atoms with Gasteiger partial charge in [0.15, 0.2) is 0 Å². The van der Waals surface area contributed by atoms with Crippen molar-refractivity contribution in [2.24, 2.45) is 0 Å². The summed E-state index contributed by atoms with van der Waals surface area (Å²) in [5.41, 5.74) is -0.0178. The maximum absolute atomic E-state index is 12.8. The van der Waals surface area contributed by atoms with E-state index in [-0.39, 0.29) is 17.7 Å². The highest BCUT2D eigenvalue weighted by Gasteiger charge is 2.41. The molecule has 176 valence electrons. The Kier molecular flexibility index (Phi) is 8.29. The highest BCUT2D eigenvalue weighted by molar-refractivity contribution is 6.31. The Hall–Kier alpha value is -3.82. The van der Waals surface area contributed by atoms with Gasteiger partial charge < -0.3 is 24.3 Å². The molecule has 0 aliphatic rings. The summed E-state index contributed by atoms with van der Waals surface area (Å²) >= 11 is 11.6. The first-order valence-corrected chi connectivity index (χ1v) is 10.5. The number of carbonyl (C=O) groups is 4. The van der Waals surface area contributed by atoms with Crippen LogP contribution in [0.5, 0.6) is 0 Å². The zero-order valence-electron chi connectivity index (χ0n) is 17.3. The summed E-state index contributed by atoms with van der Waals surface area (Å²) in [6, 6.07) is 14.1. The van der Waals surface area contributed by atoms with Crippen LogP contribution in [0.2, 0.25) is 10.0 Å². The number of benzene rings is 2. The first-order valence-electron chi connectivity index (χ1n) is 9.70. The van der Waals surface area contributed by atoms with E-state index in [9.17, 15) is 24.3 Å². The molecule has 1 aromatic heterocycles. The van der Waals surface area contributed by atoms with E-state index in [0.717, 1.165) is 0 Å². The largest absolute Gasteiger partial charge is 0.478 e. The molecule has 0 radical (unpaired) electrons. The number of rotatable bonds is 9. The lowest BCUT2D eigenvalue weighted by Crippen LogP contribution is -2.50. The first-order chi connectivity index (χ1) is 16.2. The lowest BCUT2D eigenvalue weighted by molar-refractivity contribution is -0.159. The van der Waals surface area contributed by atoms with Gasteiger partial charge in [-0.3, -0.25) is 4.79 Å². The Bertz CT molecular complexity index is 1160. The second-order valence-electron chi connectivity index (χ2n) is 6.80. The van der Waals surface area contributed by atoms with Crippen LogP contribution in [-0.2, 0) is 25.6 Å². The van der Waals surface area contributed by atoms with E-state index in [4.69, 9.17) is 37.1 Å². The van der Waals surface area contributed by atoms with E-state index in [1.807, 2.05) is 0 Å². The molecule has 0 bridgehead atoms. The number of halogens is 2. The second kappa shape index (κ2) is 11.4. The van der Waals surface area contributed by atoms with Crippen LogP contribution in [0.15, 0.2) is 71.3 Å². The maximum Gasteiger partial charge on any atom is 0.349 e. The van der Waals surface area contributed by atoms with E-state index >= 15 is 0 Å². The highest BCUT2D eigenvalue weighted by atomic mass is 35.5. The monoisotopic (exact) mass is 505 g/mol. The molecule has 2 N–H and O–H groups in total. The number of hydrogen-bond donors (Lipinski definition) is 2. The number of carboxylic acids is 1. The minimum absolute atomic E-state index is 0.00130. The lowest BCUT2D eigenvalue weighted by atomic mass is 10.1. The average molecular weight is 506 g/mol. The fourth-order valence-corrected chi connectivity index (χ4v) is 2.97. The quantitative estimate of drug-likeness (QED) is 0.420. The minimum Gasteiger partial charge on any atom is -0.478 e. The van der Waals surface area contributed by atoms with Gasteiger partial charge in [-0.25, -0.2) is 14.4 Å². The molecule has 0 saturated heterocycles. The molecule has 1 amide bonds. The molecule has 11 heteroatoms. The zero-order valence-corrected chi connectivity index (χ0v) is 18.8. The number of amides is 1. The number of esters is 2. The number of carboxylic acid groups (broad SMARTS) is 1. The maximum atomic E-state index is 12.8. The third-order valence-electron chi connectivity index (χ3n) is 4.42. The van der Waals surface area contributed by atoms with Crippen LogP contribution in [0.3, 0.4) is 0 Å². The molecule has 1 heterocycles. The number of nitrogens with one attached hydrogen (secondary N) is 1. The Morgan fingerprint density at radius 2 is 1.32 bits per heavy atom. The van der Waals surface area contributed by atoms with Gasteiger partial charge in [-0.2, -0.15) is 0 Å². The summed E-state index contributed by atoms with van der Waals surface area (Å²) < 4.78 is 15.4. The van der Waals surface area contributed by atoms with Gasteiger partial charge in [0.25, 0.3) is 5.91 Å².